The van der Waals surface area contributed by atoms with Crippen molar-refractivity contribution in [2.75, 3.05) is 12.0 Å². The van der Waals surface area contributed by atoms with Crippen LogP contribution in [0.2, 0.25) is 0 Å². The third-order valence-electron chi connectivity index (χ3n) is 5.71. The van der Waals surface area contributed by atoms with Crippen LogP contribution in [-0.2, 0) is 22.8 Å². The molecule has 3 N–H and O–H groups in total. The topological polar surface area (TPSA) is 152 Å². The Bertz CT molecular complexity index is 1660. The average molecular weight is 501 g/mol. The fourth-order valence-corrected chi connectivity index (χ4v) is 4.89. The number of aromatic nitrogens is 3. The Labute approximate surface area is 209 Å². The van der Waals surface area contributed by atoms with Gasteiger partial charge in [-0.25, -0.2) is 13.4 Å². The molecule has 4 rings (SSSR count). The van der Waals surface area contributed by atoms with Crippen LogP contribution in [0.25, 0.3) is 10.9 Å². The van der Waals surface area contributed by atoms with Crippen LogP contribution in [0, 0.1) is 25.2 Å². The van der Waals surface area contributed by atoms with Gasteiger partial charge >= 0.3 is 0 Å². The number of carbonyl (C=O) groups is 1. The Kier molecular flexibility index (Phi) is 6.68. The normalized spacial score (nSPS) is 11.3. The monoisotopic (exact) mass is 500 g/mol. The molecule has 0 aliphatic carbocycles. The lowest BCUT2D eigenvalue weighted by Crippen LogP contribution is -2.24. The zero-order valence-corrected chi connectivity index (χ0v) is 20.8. The highest BCUT2D eigenvalue weighted by molar-refractivity contribution is 7.91. The molecule has 0 aliphatic rings. The number of nitriles is 1. The van der Waals surface area contributed by atoms with Crippen molar-refractivity contribution in [1.29, 1.82) is 5.26 Å². The average Bonchev–Trinajstić information content (AvgIpc) is 2.81. The minimum atomic E-state index is -3.51. The van der Waals surface area contributed by atoms with Gasteiger partial charge in [0.25, 0.3) is 5.91 Å². The van der Waals surface area contributed by atoms with E-state index in [1.54, 1.807) is 37.4 Å². The molecule has 0 atom stereocenters. The van der Waals surface area contributed by atoms with Crippen molar-refractivity contribution < 1.29 is 13.2 Å². The number of aryl methyl sites for hydroxylation is 2. The van der Waals surface area contributed by atoms with Gasteiger partial charge in [0.15, 0.2) is 9.84 Å². The van der Waals surface area contributed by atoms with Crippen LogP contribution in [0.1, 0.15) is 44.0 Å². The van der Waals surface area contributed by atoms with Gasteiger partial charge in [-0.15, -0.1) is 0 Å². The maximum Gasteiger partial charge on any atom is 0.251 e. The first-order chi connectivity index (χ1) is 17.0. The second-order valence-corrected chi connectivity index (χ2v) is 10.6. The van der Waals surface area contributed by atoms with Gasteiger partial charge in [0.05, 0.1) is 10.4 Å². The molecule has 3 aromatic heterocycles. The summed E-state index contributed by atoms with van der Waals surface area (Å²) in [5.41, 5.74) is 10.3. The Morgan fingerprint density at radius 1 is 1.14 bits per heavy atom. The molecule has 4 aromatic rings. The van der Waals surface area contributed by atoms with E-state index >= 15 is 0 Å². The molecule has 0 radical (unpaired) electrons. The summed E-state index contributed by atoms with van der Waals surface area (Å²) in [4.78, 5) is 25.7. The molecule has 0 saturated heterocycles. The van der Waals surface area contributed by atoms with Gasteiger partial charge in [0, 0.05) is 53.8 Å². The molecule has 36 heavy (non-hydrogen) atoms. The zero-order chi connectivity index (χ0) is 26.0. The molecule has 0 aliphatic heterocycles. The summed E-state index contributed by atoms with van der Waals surface area (Å²) < 4.78 is 24.8. The summed E-state index contributed by atoms with van der Waals surface area (Å²) in [5, 5.41) is 12.9. The van der Waals surface area contributed by atoms with Crippen molar-refractivity contribution in [3.63, 3.8) is 0 Å². The molecule has 0 fully saturated rings. The van der Waals surface area contributed by atoms with Gasteiger partial charge in [-0.05, 0) is 66.9 Å². The number of rotatable bonds is 6. The Morgan fingerprint density at radius 2 is 1.92 bits per heavy atom. The van der Waals surface area contributed by atoms with Crippen molar-refractivity contribution in [2.45, 2.75) is 31.7 Å². The maximum absolute atomic E-state index is 12.8. The summed E-state index contributed by atoms with van der Waals surface area (Å²) >= 11 is 0. The van der Waals surface area contributed by atoms with Crippen LogP contribution in [0.3, 0.4) is 0 Å². The highest BCUT2D eigenvalue weighted by Crippen LogP contribution is 2.25. The second kappa shape index (κ2) is 9.71. The zero-order valence-electron chi connectivity index (χ0n) is 20.0. The first-order valence-electron chi connectivity index (χ1n) is 11.0. The molecule has 0 unspecified atom stereocenters. The van der Waals surface area contributed by atoms with Crippen molar-refractivity contribution in [1.82, 2.24) is 20.3 Å². The first kappa shape index (κ1) is 24.8. The quantitative estimate of drug-likeness (QED) is 0.410. The van der Waals surface area contributed by atoms with E-state index in [0.29, 0.717) is 28.8 Å². The largest absolute Gasteiger partial charge is 0.384 e. The lowest BCUT2D eigenvalue weighted by atomic mass is 10.0. The number of nitrogens with two attached hydrogens (primary N) is 1. The van der Waals surface area contributed by atoms with Crippen molar-refractivity contribution in [2.24, 2.45) is 0 Å². The third-order valence-corrected chi connectivity index (χ3v) is 6.82. The minimum absolute atomic E-state index is 0.118. The van der Waals surface area contributed by atoms with Crippen LogP contribution in [0.4, 0.5) is 5.82 Å². The van der Waals surface area contributed by atoms with E-state index in [1.807, 2.05) is 25.1 Å². The number of hydrogen-bond acceptors (Lipinski definition) is 8. The number of nitrogens with zero attached hydrogens (tertiary/aromatic N) is 4. The molecule has 182 valence electrons. The van der Waals surface area contributed by atoms with E-state index in [9.17, 15) is 18.5 Å². The van der Waals surface area contributed by atoms with Gasteiger partial charge in [-0.3, -0.25) is 14.8 Å². The number of nitrogens with one attached hydrogen (secondary N) is 1. The lowest BCUT2D eigenvalue weighted by molar-refractivity contribution is 0.0950. The number of nitrogen functional groups attached to an aromatic ring is 1. The summed E-state index contributed by atoms with van der Waals surface area (Å²) in [6.45, 7) is 3.81. The standard InChI is InChI=1S/C26H24N6O3S/c1-15-6-19-8-17(10-23(36(3,34)35)25(19)30-13-15)9-20-11-18(4-5-29-20)26(33)31-14-21-16(2)7-24(28)32-22(21)12-27/h4-8,10-11,13H,9,14H2,1-3H3,(H2,28,32)(H,31,33). The summed E-state index contributed by atoms with van der Waals surface area (Å²) in [6.07, 6.45) is 4.66. The van der Waals surface area contributed by atoms with Crippen LogP contribution < -0.4 is 11.1 Å². The Balaban J connectivity index is 1.59. The van der Waals surface area contributed by atoms with E-state index in [0.717, 1.165) is 28.3 Å². The highest BCUT2D eigenvalue weighted by atomic mass is 32.2. The summed E-state index contributed by atoms with van der Waals surface area (Å²) in [6, 6.07) is 12.3. The number of benzene rings is 1. The smallest absolute Gasteiger partial charge is 0.251 e. The molecular weight excluding hydrogens is 476 g/mol. The van der Waals surface area contributed by atoms with Gasteiger partial charge < -0.3 is 11.1 Å². The molecule has 1 amide bonds. The third kappa shape index (κ3) is 5.31. The van der Waals surface area contributed by atoms with Crippen LogP contribution in [-0.4, -0.2) is 35.5 Å². The van der Waals surface area contributed by atoms with Crippen LogP contribution in [0.5, 0.6) is 0 Å². The Morgan fingerprint density at radius 3 is 2.64 bits per heavy atom. The van der Waals surface area contributed by atoms with E-state index in [2.05, 4.69) is 20.3 Å². The molecular formula is C26H24N6O3S. The number of pyridine rings is 3. The maximum atomic E-state index is 12.8. The fourth-order valence-electron chi connectivity index (χ4n) is 4.01. The fraction of sp³-hybridized carbons (Fsp3) is 0.192. The molecule has 1 aromatic carbocycles. The summed E-state index contributed by atoms with van der Waals surface area (Å²) in [7, 11) is -3.51. The van der Waals surface area contributed by atoms with E-state index in [1.165, 1.54) is 6.20 Å². The predicted molar refractivity (Wildman–Crippen MR) is 136 cm³/mol. The number of anilines is 1. The van der Waals surface area contributed by atoms with Crippen LogP contribution in [0.15, 0.2) is 53.7 Å². The van der Waals surface area contributed by atoms with Gasteiger partial charge in [-0.1, -0.05) is 0 Å². The molecule has 0 bridgehead atoms. The highest BCUT2D eigenvalue weighted by Gasteiger charge is 2.16. The molecule has 0 saturated carbocycles. The number of fused-ring (bicyclic) bond motifs is 1. The van der Waals surface area contributed by atoms with E-state index in [-0.39, 0.29) is 28.9 Å². The predicted octanol–water partition coefficient (Wildman–Crippen LogP) is 3.02. The second-order valence-electron chi connectivity index (χ2n) is 8.65. The molecule has 3 heterocycles. The van der Waals surface area contributed by atoms with Crippen molar-refractivity contribution in [3.05, 3.63) is 88.0 Å². The first-order valence-corrected chi connectivity index (χ1v) is 12.9. The number of sulfone groups is 1. The van der Waals surface area contributed by atoms with Crippen molar-refractivity contribution >= 4 is 32.5 Å². The Hall–Kier alpha value is -4.36. The number of carbonyl (C=O) groups excluding carboxylic acids is 1. The van der Waals surface area contributed by atoms with E-state index in [4.69, 9.17) is 5.73 Å². The van der Waals surface area contributed by atoms with Gasteiger partial charge in [0.1, 0.15) is 17.6 Å². The molecule has 0 spiro atoms. The van der Waals surface area contributed by atoms with Crippen molar-refractivity contribution in [3.8, 4) is 6.07 Å². The van der Waals surface area contributed by atoms with Crippen LogP contribution >= 0.6 is 0 Å². The SMILES string of the molecule is Cc1cnc2c(S(C)(=O)=O)cc(Cc3cc(C(=O)NCc4c(C)cc(N)nc4C#N)ccn3)cc2c1. The summed E-state index contributed by atoms with van der Waals surface area (Å²) in [5.74, 6) is -0.0921. The van der Waals surface area contributed by atoms with Gasteiger partial charge in [0.2, 0.25) is 0 Å². The number of amides is 1. The lowest BCUT2D eigenvalue weighted by Gasteiger charge is -2.11. The molecule has 10 heteroatoms. The minimum Gasteiger partial charge on any atom is -0.384 e. The molecule has 9 nitrogen and oxygen atoms in total. The number of hydrogen-bond donors (Lipinski definition) is 2. The van der Waals surface area contributed by atoms with Gasteiger partial charge in [-0.2, -0.15) is 5.26 Å². The van der Waals surface area contributed by atoms with E-state index < -0.39 is 9.84 Å².